The maximum absolute atomic E-state index is 3.80. The molecule has 0 aromatic rings. The zero-order valence-corrected chi connectivity index (χ0v) is 9.22. The number of rotatable bonds is 3. The summed E-state index contributed by atoms with van der Waals surface area (Å²) in [4.78, 5) is 0. The molecular formula is C12H23N. The SMILES string of the molecule is CC1CCC(NC(C)C2CC2C)C1. The molecule has 5 atom stereocenters. The Morgan fingerprint density at radius 1 is 1.15 bits per heavy atom. The number of hydrogen-bond acceptors (Lipinski definition) is 1. The minimum Gasteiger partial charge on any atom is -0.311 e. The third-order valence-corrected chi connectivity index (χ3v) is 4.01. The molecule has 0 aromatic carbocycles. The summed E-state index contributed by atoms with van der Waals surface area (Å²) in [5.41, 5.74) is 0. The minimum atomic E-state index is 0.769. The average Bonchev–Trinajstić information content (AvgIpc) is 2.66. The number of nitrogens with one attached hydrogen (secondary N) is 1. The van der Waals surface area contributed by atoms with Crippen LogP contribution < -0.4 is 5.32 Å². The molecule has 1 N–H and O–H groups in total. The molecule has 13 heavy (non-hydrogen) atoms. The van der Waals surface area contributed by atoms with Crippen LogP contribution in [0.15, 0.2) is 0 Å². The van der Waals surface area contributed by atoms with Crippen LogP contribution >= 0.6 is 0 Å². The molecule has 5 unspecified atom stereocenters. The second kappa shape index (κ2) is 3.61. The van der Waals surface area contributed by atoms with E-state index in [-0.39, 0.29) is 0 Å². The molecule has 0 heterocycles. The van der Waals surface area contributed by atoms with Gasteiger partial charge in [-0.3, -0.25) is 0 Å². The molecule has 2 aliphatic rings. The standard InChI is InChI=1S/C12H23N/c1-8-4-5-11(6-8)13-10(3)12-7-9(12)2/h8-13H,4-7H2,1-3H3. The predicted octanol–water partition coefficient (Wildman–Crippen LogP) is 2.81. The molecule has 0 bridgehead atoms. The van der Waals surface area contributed by atoms with E-state index in [1.54, 1.807) is 0 Å². The highest BCUT2D eigenvalue weighted by atomic mass is 15.0. The first-order valence-electron chi connectivity index (χ1n) is 5.93. The van der Waals surface area contributed by atoms with Crippen LogP contribution in [0.25, 0.3) is 0 Å². The lowest BCUT2D eigenvalue weighted by atomic mass is 10.1. The molecule has 0 radical (unpaired) electrons. The molecule has 0 amide bonds. The summed E-state index contributed by atoms with van der Waals surface area (Å²) in [5, 5.41) is 3.80. The summed E-state index contributed by atoms with van der Waals surface area (Å²) in [6, 6.07) is 1.60. The van der Waals surface area contributed by atoms with E-state index in [4.69, 9.17) is 0 Å². The van der Waals surface area contributed by atoms with Crippen molar-refractivity contribution in [2.45, 2.75) is 58.5 Å². The quantitative estimate of drug-likeness (QED) is 0.706. The smallest absolute Gasteiger partial charge is 0.00722 e. The van der Waals surface area contributed by atoms with E-state index in [1.807, 2.05) is 0 Å². The fourth-order valence-electron chi connectivity index (χ4n) is 2.90. The summed E-state index contributed by atoms with van der Waals surface area (Å²) in [7, 11) is 0. The fourth-order valence-corrected chi connectivity index (χ4v) is 2.90. The first-order chi connectivity index (χ1) is 6.16. The van der Waals surface area contributed by atoms with Crippen LogP contribution in [0.4, 0.5) is 0 Å². The second-order valence-corrected chi connectivity index (χ2v) is 5.45. The molecule has 0 spiro atoms. The van der Waals surface area contributed by atoms with Gasteiger partial charge in [0, 0.05) is 12.1 Å². The van der Waals surface area contributed by atoms with Crippen molar-refractivity contribution in [1.29, 1.82) is 0 Å². The van der Waals surface area contributed by atoms with Gasteiger partial charge in [-0.15, -0.1) is 0 Å². The van der Waals surface area contributed by atoms with Gasteiger partial charge in [-0.25, -0.2) is 0 Å². The molecule has 76 valence electrons. The highest BCUT2D eigenvalue weighted by Crippen LogP contribution is 2.41. The Balaban J connectivity index is 1.72. The van der Waals surface area contributed by atoms with Gasteiger partial charge in [-0.05, 0) is 50.4 Å². The maximum atomic E-state index is 3.80. The normalized spacial score (nSPS) is 46.4. The zero-order chi connectivity index (χ0) is 9.42. The summed E-state index contributed by atoms with van der Waals surface area (Å²) >= 11 is 0. The third-order valence-electron chi connectivity index (χ3n) is 4.01. The van der Waals surface area contributed by atoms with E-state index in [0.717, 1.165) is 29.8 Å². The predicted molar refractivity (Wildman–Crippen MR) is 56.7 cm³/mol. The second-order valence-electron chi connectivity index (χ2n) is 5.45. The monoisotopic (exact) mass is 181 g/mol. The Labute approximate surface area is 82.3 Å². The lowest BCUT2D eigenvalue weighted by Gasteiger charge is -2.19. The molecule has 1 heteroatoms. The summed E-state index contributed by atoms with van der Waals surface area (Å²) < 4.78 is 0. The van der Waals surface area contributed by atoms with Gasteiger partial charge in [0.1, 0.15) is 0 Å². The summed E-state index contributed by atoms with van der Waals surface area (Å²) in [5.74, 6) is 2.93. The Morgan fingerprint density at radius 2 is 1.85 bits per heavy atom. The first kappa shape index (κ1) is 9.51. The van der Waals surface area contributed by atoms with E-state index in [1.165, 1.54) is 25.7 Å². The Morgan fingerprint density at radius 3 is 2.31 bits per heavy atom. The summed E-state index contributed by atoms with van der Waals surface area (Å²) in [6.45, 7) is 7.13. The van der Waals surface area contributed by atoms with Crippen LogP contribution in [0.3, 0.4) is 0 Å². The van der Waals surface area contributed by atoms with Crippen LogP contribution in [0, 0.1) is 17.8 Å². The molecule has 0 aliphatic heterocycles. The molecule has 2 fully saturated rings. The van der Waals surface area contributed by atoms with Gasteiger partial charge in [0.05, 0.1) is 0 Å². The molecule has 2 rings (SSSR count). The van der Waals surface area contributed by atoms with Crippen molar-refractivity contribution in [2.24, 2.45) is 17.8 Å². The average molecular weight is 181 g/mol. The van der Waals surface area contributed by atoms with Crippen molar-refractivity contribution in [3.05, 3.63) is 0 Å². The molecule has 2 saturated carbocycles. The maximum Gasteiger partial charge on any atom is 0.00722 e. The van der Waals surface area contributed by atoms with Gasteiger partial charge in [0.25, 0.3) is 0 Å². The lowest BCUT2D eigenvalue weighted by Crippen LogP contribution is -2.36. The van der Waals surface area contributed by atoms with Crippen molar-refractivity contribution in [3.63, 3.8) is 0 Å². The van der Waals surface area contributed by atoms with Crippen molar-refractivity contribution in [3.8, 4) is 0 Å². The van der Waals surface area contributed by atoms with Gasteiger partial charge >= 0.3 is 0 Å². The van der Waals surface area contributed by atoms with Crippen LogP contribution in [-0.4, -0.2) is 12.1 Å². The van der Waals surface area contributed by atoms with Crippen molar-refractivity contribution in [2.75, 3.05) is 0 Å². The van der Waals surface area contributed by atoms with Crippen molar-refractivity contribution in [1.82, 2.24) is 5.32 Å². The number of hydrogen-bond donors (Lipinski definition) is 1. The topological polar surface area (TPSA) is 12.0 Å². The van der Waals surface area contributed by atoms with Crippen LogP contribution in [0.2, 0.25) is 0 Å². The van der Waals surface area contributed by atoms with Crippen LogP contribution in [-0.2, 0) is 0 Å². The molecule has 0 saturated heterocycles. The van der Waals surface area contributed by atoms with Gasteiger partial charge in [-0.2, -0.15) is 0 Å². The molecular weight excluding hydrogens is 158 g/mol. The van der Waals surface area contributed by atoms with Crippen LogP contribution in [0.5, 0.6) is 0 Å². The van der Waals surface area contributed by atoms with Crippen LogP contribution in [0.1, 0.15) is 46.5 Å². The minimum absolute atomic E-state index is 0.769. The van der Waals surface area contributed by atoms with Crippen molar-refractivity contribution < 1.29 is 0 Å². The Kier molecular flexibility index (Phi) is 2.64. The molecule has 1 nitrogen and oxygen atoms in total. The summed E-state index contributed by atoms with van der Waals surface area (Å²) in [6.07, 6.45) is 5.71. The Bertz CT molecular complexity index is 178. The van der Waals surface area contributed by atoms with Gasteiger partial charge in [0.15, 0.2) is 0 Å². The molecule has 2 aliphatic carbocycles. The van der Waals surface area contributed by atoms with Gasteiger partial charge < -0.3 is 5.32 Å². The molecule has 0 aromatic heterocycles. The zero-order valence-electron chi connectivity index (χ0n) is 9.22. The lowest BCUT2D eigenvalue weighted by molar-refractivity contribution is 0.401. The van der Waals surface area contributed by atoms with E-state index in [2.05, 4.69) is 26.1 Å². The highest BCUT2D eigenvalue weighted by Gasteiger charge is 2.38. The van der Waals surface area contributed by atoms with E-state index >= 15 is 0 Å². The fraction of sp³-hybridized carbons (Fsp3) is 1.00. The Hall–Kier alpha value is -0.0400. The van der Waals surface area contributed by atoms with Gasteiger partial charge in [-0.1, -0.05) is 13.8 Å². The highest BCUT2D eigenvalue weighted by molar-refractivity contribution is 4.92. The first-order valence-corrected chi connectivity index (χ1v) is 5.93. The van der Waals surface area contributed by atoms with E-state index in [9.17, 15) is 0 Å². The van der Waals surface area contributed by atoms with E-state index in [0.29, 0.717) is 0 Å². The van der Waals surface area contributed by atoms with E-state index < -0.39 is 0 Å². The van der Waals surface area contributed by atoms with Crippen molar-refractivity contribution >= 4 is 0 Å². The largest absolute Gasteiger partial charge is 0.311 e. The van der Waals surface area contributed by atoms with Gasteiger partial charge in [0.2, 0.25) is 0 Å². The third kappa shape index (κ3) is 2.25.